The molecule has 0 saturated heterocycles. The van der Waals surface area contributed by atoms with Gasteiger partial charge in [0.25, 0.3) is 0 Å². The van der Waals surface area contributed by atoms with E-state index in [1.54, 1.807) is 0 Å². The topological polar surface area (TPSA) is 24.9 Å². The lowest BCUT2D eigenvalue weighted by molar-refractivity contribution is 0.486. The second kappa shape index (κ2) is 5.78. The van der Waals surface area contributed by atoms with Crippen molar-refractivity contribution in [2.24, 2.45) is 0 Å². The molecule has 1 heterocycles. The Morgan fingerprint density at radius 3 is 2.50 bits per heavy atom. The Hall–Kier alpha value is -1.67. The second-order valence-electron chi connectivity index (χ2n) is 4.78. The lowest BCUT2D eigenvalue weighted by atomic mass is 10.0. The number of rotatable bonds is 4. The molecule has 0 amide bonds. The lowest BCUT2D eigenvalue weighted by Crippen LogP contribution is -2.23. The van der Waals surface area contributed by atoms with Crippen molar-refractivity contribution >= 4 is 0 Å². The van der Waals surface area contributed by atoms with Gasteiger partial charge in [-0.05, 0) is 38.5 Å². The van der Waals surface area contributed by atoms with Crippen molar-refractivity contribution in [2.45, 2.75) is 32.9 Å². The van der Waals surface area contributed by atoms with E-state index in [9.17, 15) is 0 Å². The molecule has 0 saturated carbocycles. The van der Waals surface area contributed by atoms with Gasteiger partial charge in [-0.2, -0.15) is 0 Å². The third-order valence-electron chi connectivity index (χ3n) is 3.17. The number of benzene rings is 1. The van der Waals surface area contributed by atoms with Crippen molar-refractivity contribution in [2.75, 3.05) is 0 Å². The highest BCUT2D eigenvalue weighted by atomic mass is 15.0. The maximum absolute atomic E-state index is 4.38. The fraction of sp³-hybridized carbons (Fsp3) is 0.312. The van der Waals surface area contributed by atoms with E-state index in [-0.39, 0.29) is 6.04 Å². The molecule has 1 unspecified atom stereocenters. The van der Waals surface area contributed by atoms with Crippen molar-refractivity contribution in [1.29, 1.82) is 0 Å². The lowest BCUT2D eigenvalue weighted by Gasteiger charge is -2.20. The van der Waals surface area contributed by atoms with Crippen molar-refractivity contribution in [3.8, 4) is 0 Å². The molecule has 0 radical (unpaired) electrons. The Kier molecular flexibility index (Phi) is 4.11. The predicted octanol–water partition coefficient (Wildman–Crippen LogP) is 3.80. The van der Waals surface area contributed by atoms with Crippen LogP contribution in [0.5, 0.6) is 0 Å². The SMILES string of the molecule is Cc1cccc([C@H](C)NC(C)c2ccccn2)c1. The van der Waals surface area contributed by atoms with Crippen LogP contribution in [0.2, 0.25) is 0 Å². The molecule has 1 aromatic heterocycles. The van der Waals surface area contributed by atoms with Crippen molar-refractivity contribution in [3.63, 3.8) is 0 Å². The summed E-state index contributed by atoms with van der Waals surface area (Å²) in [5, 5.41) is 3.58. The summed E-state index contributed by atoms with van der Waals surface area (Å²) < 4.78 is 0. The van der Waals surface area contributed by atoms with Crippen LogP contribution in [0.15, 0.2) is 48.7 Å². The molecule has 0 aliphatic heterocycles. The quantitative estimate of drug-likeness (QED) is 0.879. The molecule has 18 heavy (non-hydrogen) atoms. The first kappa shape index (κ1) is 12.8. The van der Waals surface area contributed by atoms with Gasteiger partial charge in [0.15, 0.2) is 0 Å². The summed E-state index contributed by atoms with van der Waals surface area (Å²) >= 11 is 0. The predicted molar refractivity (Wildman–Crippen MR) is 75.4 cm³/mol. The van der Waals surface area contributed by atoms with Crippen LogP contribution in [0.25, 0.3) is 0 Å². The number of aryl methyl sites for hydroxylation is 1. The Balaban J connectivity index is 2.05. The van der Waals surface area contributed by atoms with Gasteiger partial charge in [0.1, 0.15) is 0 Å². The van der Waals surface area contributed by atoms with E-state index in [1.807, 2.05) is 18.3 Å². The van der Waals surface area contributed by atoms with Crippen LogP contribution < -0.4 is 5.32 Å². The first-order chi connectivity index (χ1) is 8.66. The van der Waals surface area contributed by atoms with Crippen molar-refractivity contribution in [3.05, 3.63) is 65.5 Å². The van der Waals surface area contributed by atoms with Crippen LogP contribution >= 0.6 is 0 Å². The summed E-state index contributed by atoms with van der Waals surface area (Å²) in [6, 6.07) is 15.2. The van der Waals surface area contributed by atoms with Crippen LogP contribution in [0, 0.1) is 6.92 Å². The minimum atomic E-state index is 0.252. The second-order valence-corrected chi connectivity index (χ2v) is 4.78. The minimum Gasteiger partial charge on any atom is -0.302 e. The highest BCUT2D eigenvalue weighted by Gasteiger charge is 2.11. The molecule has 0 aliphatic carbocycles. The van der Waals surface area contributed by atoms with Gasteiger partial charge in [-0.25, -0.2) is 0 Å². The average Bonchev–Trinajstić information content (AvgIpc) is 2.39. The maximum Gasteiger partial charge on any atom is 0.0570 e. The standard InChI is InChI=1S/C16H20N2/c1-12-7-6-8-15(11-12)13(2)18-14(3)16-9-4-5-10-17-16/h4-11,13-14,18H,1-3H3/t13-,14?/m0/s1. The molecular weight excluding hydrogens is 220 g/mol. The molecule has 0 bridgehead atoms. The maximum atomic E-state index is 4.38. The van der Waals surface area contributed by atoms with Gasteiger partial charge in [0.05, 0.1) is 5.69 Å². The molecule has 2 aromatic rings. The highest BCUT2D eigenvalue weighted by molar-refractivity contribution is 5.25. The summed E-state index contributed by atoms with van der Waals surface area (Å²) in [7, 11) is 0. The monoisotopic (exact) mass is 240 g/mol. The molecule has 2 rings (SSSR count). The molecule has 0 fully saturated rings. The Labute approximate surface area is 109 Å². The first-order valence-electron chi connectivity index (χ1n) is 6.40. The molecule has 2 heteroatoms. The highest BCUT2D eigenvalue weighted by Crippen LogP contribution is 2.18. The summed E-state index contributed by atoms with van der Waals surface area (Å²) in [6.07, 6.45) is 1.84. The molecule has 1 N–H and O–H groups in total. The number of hydrogen-bond donors (Lipinski definition) is 1. The Morgan fingerprint density at radius 2 is 1.83 bits per heavy atom. The van der Waals surface area contributed by atoms with E-state index in [1.165, 1.54) is 11.1 Å². The Morgan fingerprint density at radius 1 is 1.00 bits per heavy atom. The number of aromatic nitrogens is 1. The number of nitrogens with zero attached hydrogens (tertiary/aromatic N) is 1. The largest absolute Gasteiger partial charge is 0.302 e. The van der Waals surface area contributed by atoms with Crippen LogP contribution in [0.3, 0.4) is 0 Å². The van der Waals surface area contributed by atoms with Gasteiger partial charge < -0.3 is 5.32 Å². The summed E-state index contributed by atoms with van der Waals surface area (Å²) in [5.41, 5.74) is 3.70. The van der Waals surface area contributed by atoms with Gasteiger partial charge in [-0.3, -0.25) is 4.98 Å². The fourth-order valence-corrected chi connectivity index (χ4v) is 2.13. The smallest absolute Gasteiger partial charge is 0.0570 e. The van der Waals surface area contributed by atoms with Gasteiger partial charge in [0.2, 0.25) is 0 Å². The summed E-state index contributed by atoms with van der Waals surface area (Å²) in [6.45, 7) is 6.46. The van der Waals surface area contributed by atoms with Crippen molar-refractivity contribution < 1.29 is 0 Å². The van der Waals surface area contributed by atoms with Crippen LogP contribution in [0.1, 0.15) is 42.8 Å². The molecule has 0 aliphatic rings. The molecule has 2 atom stereocenters. The van der Waals surface area contributed by atoms with Gasteiger partial charge >= 0.3 is 0 Å². The summed E-state index contributed by atoms with van der Waals surface area (Å²) in [4.78, 5) is 4.38. The first-order valence-corrected chi connectivity index (χ1v) is 6.40. The normalized spacial score (nSPS) is 14.2. The van der Waals surface area contributed by atoms with Crippen molar-refractivity contribution in [1.82, 2.24) is 10.3 Å². The van der Waals surface area contributed by atoms with E-state index in [4.69, 9.17) is 0 Å². The number of hydrogen-bond acceptors (Lipinski definition) is 2. The molecule has 1 aromatic carbocycles. The average molecular weight is 240 g/mol. The minimum absolute atomic E-state index is 0.252. The third-order valence-corrected chi connectivity index (χ3v) is 3.17. The van der Waals surface area contributed by atoms with Gasteiger partial charge in [0, 0.05) is 18.3 Å². The van der Waals surface area contributed by atoms with Crippen LogP contribution in [0.4, 0.5) is 0 Å². The van der Waals surface area contributed by atoms with Gasteiger partial charge in [-0.15, -0.1) is 0 Å². The van der Waals surface area contributed by atoms with E-state index < -0.39 is 0 Å². The van der Waals surface area contributed by atoms with Crippen LogP contribution in [-0.2, 0) is 0 Å². The van der Waals surface area contributed by atoms with E-state index in [0.717, 1.165) is 5.69 Å². The molecule has 2 nitrogen and oxygen atoms in total. The Bertz CT molecular complexity index is 493. The molecule has 0 spiro atoms. The summed E-state index contributed by atoms with van der Waals surface area (Å²) in [5.74, 6) is 0. The van der Waals surface area contributed by atoms with Gasteiger partial charge in [-0.1, -0.05) is 35.9 Å². The number of nitrogens with one attached hydrogen (secondary N) is 1. The van der Waals surface area contributed by atoms with E-state index >= 15 is 0 Å². The third kappa shape index (κ3) is 3.17. The fourth-order valence-electron chi connectivity index (χ4n) is 2.13. The van der Waals surface area contributed by atoms with E-state index in [2.05, 4.69) is 61.4 Å². The number of pyridine rings is 1. The van der Waals surface area contributed by atoms with E-state index in [0.29, 0.717) is 6.04 Å². The molecular formula is C16H20N2. The zero-order valence-electron chi connectivity index (χ0n) is 11.2. The zero-order valence-corrected chi connectivity index (χ0v) is 11.2. The molecule has 94 valence electrons. The van der Waals surface area contributed by atoms with Crippen LogP contribution in [-0.4, -0.2) is 4.98 Å². The zero-order chi connectivity index (χ0) is 13.0.